The van der Waals surface area contributed by atoms with Gasteiger partial charge in [0.2, 0.25) is 0 Å². The van der Waals surface area contributed by atoms with Gasteiger partial charge in [-0.15, -0.1) is 34.0 Å². The second-order valence-corrected chi connectivity index (χ2v) is 16.3. The molecular weight excluding hydrogens is 895 g/mol. The van der Waals surface area contributed by atoms with Crippen LogP contribution in [0.2, 0.25) is 0 Å². The summed E-state index contributed by atoms with van der Waals surface area (Å²) in [6.45, 7) is 0. The van der Waals surface area contributed by atoms with Crippen molar-refractivity contribution < 1.29 is 0 Å². The zero-order chi connectivity index (χ0) is 28.1. The molecule has 0 aromatic heterocycles. The van der Waals surface area contributed by atoms with Crippen LogP contribution in [-0.2, 0) is 0 Å². The van der Waals surface area contributed by atoms with Gasteiger partial charge >= 0.3 is 269 Å². The van der Waals surface area contributed by atoms with Crippen LogP contribution in [0.5, 0.6) is 0 Å². The fraction of sp³-hybridized carbons (Fsp3) is 0. The fourth-order valence-electron chi connectivity index (χ4n) is 5.38. The van der Waals surface area contributed by atoms with Crippen molar-refractivity contribution in [2.24, 2.45) is 0 Å². The molecule has 216 valence electrons. The summed E-state index contributed by atoms with van der Waals surface area (Å²) >= 11 is -0.770. The van der Waals surface area contributed by atoms with Crippen molar-refractivity contribution in [3.8, 4) is 0 Å². The minimum absolute atomic E-state index is 0. The van der Waals surface area contributed by atoms with Gasteiger partial charge < -0.3 is 0 Å². The van der Waals surface area contributed by atoms with E-state index in [-0.39, 0.29) is 75.8 Å². The Bertz CT molecular complexity index is 1840. The molecular formula is C40H30Br2Te2. The van der Waals surface area contributed by atoms with Gasteiger partial charge in [0, 0.05) is 0 Å². The quantitative estimate of drug-likeness (QED) is 0.156. The first kappa shape index (κ1) is 32.7. The molecule has 8 aromatic carbocycles. The molecule has 0 spiro atoms. The second kappa shape index (κ2) is 15.6. The molecule has 0 heterocycles. The van der Waals surface area contributed by atoms with Gasteiger partial charge in [-0.25, -0.2) is 0 Å². The van der Waals surface area contributed by atoms with Crippen LogP contribution in [0.15, 0.2) is 170 Å². The summed E-state index contributed by atoms with van der Waals surface area (Å²) in [5.41, 5.74) is 0. The van der Waals surface area contributed by atoms with Gasteiger partial charge in [0.25, 0.3) is 0 Å². The van der Waals surface area contributed by atoms with E-state index in [0.29, 0.717) is 0 Å². The Balaban J connectivity index is 0.000000167. The van der Waals surface area contributed by atoms with Crippen molar-refractivity contribution in [3.63, 3.8) is 0 Å². The summed E-state index contributed by atoms with van der Waals surface area (Å²) in [4.78, 5) is 0. The molecule has 4 heteroatoms. The van der Waals surface area contributed by atoms with Crippen molar-refractivity contribution in [2.45, 2.75) is 0 Å². The predicted octanol–water partition coefficient (Wildman–Crippen LogP) is 8.45. The van der Waals surface area contributed by atoms with Gasteiger partial charge in [-0.1, -0.05) is 0 Å². The molecule has 0 saturated carbocycles. The Morgan fingerprint density at radius 1 is 0.227 bits per heavy atom. The van der Waals surface area contributed by atoms with E-state index < -0.39 is 0 Å². The van der Waals surface area contributed by atoms with Crippen LogP contribution in [0.4, 0.5) is 0 Å². The first-order valence-corrected chi connectivity index (χ1v) is 18.8. The van der Waals surface area contributed by atoms with E-state index in [4.69, 9.17) is 0 Å². The van der Waals surface area contributed by atoms with Crippen molar-refractivity contribution in [1.29, 1.82) is 0 Å². The Hall–Kier alpha value is -2.66. The summed E-state index contributed by atoms with van der Waals surface area (Å²) in [6.07, 6.45) is 0. The summed E-state index contributed by atoms with van der Waals surface area (Å²) in [5, 5.41) is 11.0. The average Bonchev–Trinajstić information content (AvgIpc) is 3.06. The average molecular weight is 926 g/mol. The molecule has 0 bridgehead atoms. The second-order valence-electron chi connectivity index (χ2n) is 10.1. The van der Waals surface area contributed by atoms with E-state index >= 15 is 0 Å². The van der Waals surface area contributed by atoms with Gasteiger partial charge in [-0.3, -0.25) is 0 Å². The number of hydrogen-bond acceptors (Lipinski definition) is 0. The molecule has 0 fully saturated rings. The molecule has 0 aliphatic heterocycles. The van der Waals surface area contributed by atoms with Gasteiger partial charge in [0.1, 0.15) is 0 Å². The maximum absolute atomic E-state index is 2.30. The van der Waals surface area contributed by atoms with E-state index in [0.717, 1.165) is 0 Å². The van der Waals surface area contributed by atoms with Gasteiger partial charge in [0.05, 0.1) is 0 Å². The molecule has 0 nitrogen and oxygen atoms in total. The Morgan fingerprint density at radius 2 is 0.432 bits per heavy atom. The third kappa shape index (κ3) is 7.24. The molecule has 0 N–H and O–H groups in total. The number of hydrogen-bond donors (Lipinski definition) is 0. The van der Waals surface area contributed by atoms with Crippen molar-refractivity contribution >= 4 is 133 Å². The normalized spacial score (nSPS) is 10.5. The summed E-state index contributed by atoms with van der Waals surface area (Å²) in [6, 6.07) is 61.6. The van der Waals surface area contributed by atoms with E-state index in [2.05, 4.69) is 170 Å². The summed E-state index contributed by atoms with van der Waals surface area (Å²) in [5.74, 6) is 0. The van der Waals surface area contributed by atoms with Crippen LogP contribution in [0.3, 0.4) is 0 Å². The Morgan fingerprint density at radius 3 is 0.682 bits per heavy atom. The van der Waals surface area contributed by atoms with Crippen molar-refractivity contribution in [1.82, 2.24) is 0 Å². The van der Waals surface area contributed by atoms with E-state index in [1.54, 1.807) is 0 Å². The number of halogens is 2. The Kier molecular flexibility index (Phi) is 11.6. The fourth-order valence-corrected chi connectivity index (χ4v) is 11.8. The van der Waals surface area contributed by atoms with Gasteiger partial charge in [0.15, 0.2) is 0 Å². The van der Waals surface area contributed by atoms with Crippen molar-refractivity contribution in [2.75, 3.05) is 0 Å². The minimum atomic E-state index is -0.385. The zero-order valence-corrected chi connectivity index (χ0v) is 31.9. The van der Waals surface area contributed by atoms with Crippen LogP contribution in [0.1, 0.15) is 0 Å². The molecule has 0 aliphatic rings. The SMILES string of the molecule is Br.Br.c1ccc2c([Te]c3cccc4ccccc34)cccc2c1.c1ccc2c([Te]c3cccc4ccccc34)cccc2c1. The molecule has 8 rings (SSSR count). The van der Waals surface area contributed by atoms with Gasteiger partial charge in [-0.2, -0.15) is 0 Å². The number of rotatable bonds is 4. The predicted molar refractivity (Wildman–Crippen MR) is 206 cm³/mol. The Labute approximate surface area is 300 Å². The van der Waals surface area contributed by atoms with Crippen molar-refractivity contribution in [3.05, 3.63) is 170 Å². The van der Waals surface area contributed by atoms with E-state index in [1.165, 1.54) is 57.5 Å². The molecule has 0 saturated heterocycles. The standard InChI is InChI=1S/2C20H14Te.2BrH/c2*1-3-11-17-15(7-1)9-5-13-19(17)21-20-14-6-10-16-8-2-4-12-18(16)20;;/h2*1-14H;2*1H. The first-order valence-electron chi connectivity index (χ1n) is 14.1. The number of fused-ring (bicyclic) bond motifs is 4. The van der Waals surface area contributed by atoms with Crippen LogP contribution < -0.4 is 14.4 Å². The molecule has 0 aliphatic carbocycles. The topological polar surface area (TPSA) is 0 Å². The molecule has 0 radical (unpaired) electrons. The van der Waals surface area contributed by atoms with Crippen LogP contribution >= 0.6 is 34.0 Å². The molecule has 8 aromatic rings. The summed E-state index contributed by atoms with van der Waals surface area (Å²) < 4.78 is 6.09. The third-order valence-electron chi connectivity index (χ3n) is 7.44. The van der Waals surface area contributed by atoms with Crippen LogP contribution in [-0.4, -0.2) is 41.8 Å². The molecule has 0 unspecified atom stereocenters. The van der Waals surface area contributed by atoms with Gasteiger partial charge in [-0.05, 0) is 0 Å². The third-order valence-corrected chi connectivity index (χ3v) is 14.0. The molecule has 44 heavy (non-hydrogen) atoms. The monoisotopic (exact) mass is 928 g/mol. The van der Waals surface area contributed by atoms with Crippen LogP contribution in [0.25, 0.3) is 43.1 Å². The van der Waals surface area contributed by atoms with E-state index in [1.807, 2.05) is 0 Å². The first-order chi connectivity index (χ1) is 20.8. The van der Waals surface area contributed by atoms with E-state index in [9.17, 15) is 0 Å². The zero-order valence-electron chi connectivity index (χ0n) is 23.8. The maximum atomic E-state index is 2.30. The van der Waals surface area contributed by atoms with Crippen LogP contribution in [0, 0.1) is 0 Å². The number of benzene rings is 8. The molecule has 0 amide bonds. The molecule has 0 atom stereocenters. The summed E-state index contributed by atoms with van der Waals surface area (Å²) in [7, 11) is 0.